The second kappa shape index (κ2) is 9.23. The fourth-order valence-electron chi connectivity index (χ4n) is 3.28. The van der Waals surface area contributed by atoms with Crippen LogP contribution in [0.3, 0.4) is 0 Å². The van der Waals surface area contributed by atoms with Crippen LogP contribution in [0.1, 0.15) is 36.8 Å². The lowest BCUT2D eigenvalue weighted by molar-refractivity contribution is 0.276. The van der Waals surface area contributed by atoms with Crippen LogP contribution >= 0.6 is 0 Å². The number of guanidine groups is 1. The molecule has 3 N–H and O–H groups in total. The Kier molecular flexibility index (Phi) is 6.46. The first-order chi connectivity index (χ1) is 12.3. The third kappa shape index (κ3) is 5.61. The molecule has 25 heavy (non-hydrogen) atoms. The van der Waals surface area contributed by atoms with E-state index in [0.717, 1.165) is 12.2 Å². The van der Waals surface area contributed by atoms with Gasteiger partial charge in [-0.25, -0.2) is 4.99 Å². The standard InChI is InChI=1S/C21H28N4/c22-21(24-20-12-4-3-5-13-20)23-16-18-10-6-7-11-19(18)17-25-14-8-1-2-9-15-25/h3-7,10-13H,1-2,8-9,14-17H2,(H3,22,23,24). The lowest BCUT2D eigenvalue weighted by Gasteiger charge is -2.21. The molecule has 2 aromatic carbocycles. The van der Waals surface area contributed by atoms with Gasteiger partial charge in [-0.05, 0) is 49.2 Å². The number of anilines is 1. The van der Waals surface area contributed by atoms with Crippen molar-refractivity contribution in [2.24, 2.45) is 10.7 Å². The zero-order chi connectivity index (χ0) is 17.3. The minimum absolute atomic E-state index is 0.454. The molecule has 0 aromatic heterocycles. The molecule has 4 nitrogen and oxygen atoms in total. The number of aliphatic imine (C=N–C) groups is 1. The first-order valence-corrected chi connectivity index (χ1v) is 9.22. The number of nitrogens with zero attached hydrogens (tertiary/aromatic N) is 2. The zero-order valence-electron chi connectivity index (χ0n) is 14.8. The largest absolute Gasteiger partial charge is 0.370 e. The van der Waals surface area contributed by atoms with Gasteiger partial charge in [-0.1, -0.05) is 55.3 Å². The molecule has 3 rings (SSSR count). The minimum atomic E-state index is 0.454. The predicted molar refractivity (Wildman–Crippen MR) is 106 cm³/mol. The first-order valence-electron chi connectivity index (χ1n) is 9.22. The Bertz CT molecular complexity index is 673. The average molecular weight is 336 g/mol. The molecule has 2 aromatic rings. The molecular weight excluding hydrogens is 308 g/mol. The van der Waals surface area contributed by atoms with Gasteiger partial charge in [0.2, 0.25) is 0 Å². The van der Waals surface area contributed by atoms with E-state index in [-0.39, 0.29) is 0 Å². The van der Waals surface area contributed by atoms with Gasteiger partial charge in [0.1, 0.15) is 0 Å². The molecule has 0 radical (unpaired) electrons. The fraction of sp³-hybridized carbons (Fsp3) is 0.381. The molecular formula is C21H28N4. The molecule has 0 atom stereocenters. The van der Waals surface area contributed by atoms with E-state index in [1.165, 1.54) is 49.9 Å². The normalized spacial score (nSPS) is 16.4. The molecule has 1 saturated heterocycles. The van der Waals surface area contributed by atoms with Gasteiger partial charge in [-0.2, -0.15) is 0 Å². The van der Waals surface area contributed by atoms with E-state index in [1.807, 2.05) is 30.3 Å². The molecule has 1 aliphatic heterocycles. The van der Waals surface area contributed by atoms with Crippen LogP contribution in [-0.2, 0) is 13.1 Å². The summed E-state index contributed by atoms with van der Waals surface area (Å²) < 4.78 is 0. The van der Waals surface area contributed by atoms with Gasteiger partial charge in [-0.15, -0.1) is 0 Å². The van der Waals surface area contributed by atoms with Gasteiger partial charge in [0.15, 0.2) is 5.96 Å². The minimum Gasteiger partial charge on any atom is -0.370 e. The Labute approximate surface area is 150 Å². The van der Waals surface area contributed by atoms with Crippen molar-refractivity contribution in [3.8, 4) is 0 Å². The first kappa shape index (κ1) is 17.5. The third-order valence-electron chi connectivity index (χ3n) is 4.68. The van der Waals surface area contributed by atoms with Crippen molar-refractivity contribution in [1.29, 1.82) is 0 Å². The molecule has 0 spiro atoms. The summed E-state index contributed by atoms with van der Waals surface area (Å²) in [5.41, 5.74) is 9.61. The van der Waals surface area contributed by atoms with E-state index in [2.05, 4.69) is 39.5 Å². The number of likely N-dealkylation sites (tertiary alicyclic amines) is 1. The highest BCUT2D eigenvalue weighted by atomic mass is 15.1. The number of hydrogen-bond donors (Lipinski definition) is 2. The van der Waals surface area contributed by atoms with E-state index >= 15 is 0 Å². The molecule has 1 aliphatic rings. The highest BCUT2D eigenvalue weighted by Gasteiger charge is 2.11. The maximum absolute atomic E-state index is 6.04. The van der Waals surface area contributed by atoms with Crippen LogP contribution < -0.4 is 11.1 Å². The van der Waals surface area contributed by atoms with Gasteiger partial charge < -0.3 is 11.1 Å². The summed E-state index contributed by atoms with van der Waals surface area (Å²) in [6.45, 7) is 4.03. The Morgan fingerprint density at radius 2 is 1.52 bits per heavy atom. The summed E-state index contributed by atoms with van der Waals surface area (Å²) in [4.78, 5) is 7.10. The molecule has 4 heteroatoms. The van der Waals surface area contributed by atoms with Crippen LogP contribution in [-0.4, -0.2) is 23.9 Å². The van der Waals surface area contributed by atoms with Crippen LogP contribution in [0.25, 0.3) is 0 Å². The predicted octanol–water partition coefficient (Wildman–Crippen LogP) is 3.99. The van der Waals surface area contributed by atoms with Gasteiger partial charge >= 0.3 is 0 Å². The van der Waals surface area contributed by atoms with Gasteiger partial charge in [0.25, 0.3) is 0 Å². The van der Waals surface area contributed by atoms with Crippen molar-refractivity contribution >= 4 is 11.6 Å². The van der Waals surface area contributed by atoms with Crippen molar-refractivity contribution in [2.75, 3.05) is 18.4 Å². The van der Waals surface area contributed by atoms with E-state index in [4.69, 9.17) is 5.73 Å². The van der Waals surface area contributed by atoms with E-state index in [0.29, 0.717) is 12.5 Å². The van der Waals surface area contributed by atoms with Crippen LogP contribution in [0.5, 0.6) is 0 Å². The van der Waals surface area contributed by atoms with Crippen molar-refractivity contribution in [3.05, 3.63) is 65.7 Å². The van der Waals surface area contributed by atoms with Crippen LogP contribution in [0.2, 0.25) is 0 Å². The fourth-order valence-corrected chi connectivity index (χ4v) is 3.28. The summed E-state index contributed by atoms with van der Waals surface area (Å²) in [7, 11) is 0. The van der Waals surface area contributed by atoms with E-state index in [1.54, 1.807) is 0 Å². The highest BCUT2D eigenvalue weighted by molar-refractivity contribution is 5.92. The van der Waals surface area contributed by atoms with Crippen LogP contribution in [0.4, 0.5) is 5.69 Å². The number of hydrogen-bond acceptors (Lipinski definition) is 2. The van der Waals surface area contributed by atoms with Crippen molar-refractivity contribution in [1.82, 2.24) is 4.90 Å². The van der Waals surface area contributed by atoms with Gasteiger partial charge in [-0.3, -0.25) is 4.90 Å². The molecule has 0 saturated carbocycles. The number of para-hydroxylation sites is 1. The number of rotatable bonds is 5. The third-order valence-corrected chi connectivity index (χ3v) is 4.68. The van der Waals surface area contributed by atoms with Crippen molar-refractivity contribution in [3.63, 3.8) is 0 Å². The lowest BCUT2D eigenvalue weighted by Crippen LogP contribution is -2.25. The quantitative estimate of drug-likeness (QED) is 0.641. The molecule has 0 aliphatic carbocycles. The SMILES string of the molecule is NC(=NCc1ccccc1CN1CCCCCC1)Nc1ccccc1. The smallest absolute Gasteiger partial charge is 0.193 e. The average Bonchev–Trinajstić information content (AvgIpc) is 2.90. The summed E-state index contributed by atoms with van der Waals surface area (Å²) in [5.74, 6) is 0.454. The maximum atomic E-state index is 6.04. The van der Waals surface area contributed by atoms with Crippen molar-refractivity contribution in [2.45, 2.75) is 38.8 Å². The Morgan fingerprint density at radius 1 is 0.880 bits per heavy atom. The van der Waals surface area contributed by atoms with Crippen molar-refractivity contribution < 1.29 is 0 Å². The summed E-state index contributed by atoms with van der Waals surface area (Å²) in [6.07, 6.45) is 5.36. The maximum Gasteiger partial charge on any atom is 0.193 e. The summed E-state index contributed by atoms with van der Waals surface area (Å²) in [5, 5.41) is 3.14. The molecule has 1 heterocycles. The molecule has 132 valence electrons. The Hall–Kier alpha value is -2.33. The second-order valence-corrected chi connectivity index (χ2v) is 6.65. The molecule has 0 bridgehead atoms. The molecule has 1 fully saturated rings. The number of nitrogens with one attached hydrogen (secondary N) is 1. The summed E-state index contributed by atoms with van der Waals surface area (Å²) >= 11 is 0. The van der Waals surface area contributed by atoms with E-state index in [9.17, 15) is 0 Å². The van der Waals surface area contributed by atoms with Gasteiger partial charge in [0, 0.05) is 12.2 Å². The lowest BCUT2D eigenvalue weighted by atomic mass is 10.1. The molecule has 0 amide bonds. The summed E-state index contributed by atoms with van der Waals surface area (Å²) in [6, 6.07) is 18.5. The Balaban J connectivity index is 1.63. The number of nitrogens with two attached hydrogens (primary N) is 1. The topological polar surface area (TPSA) is 53.6 Å². The van der Waals surface area contributed by atoms with Crippen LogP contribution in [0.15, 0.2) is 59.6 Å². The second-order valence-electron chi connectivity index (χ2n) is 6.65. The molecule has 0 unspecified atom stereocenters. The van der Waals surface area contributed by atoms with Crippen LogP contribution in [0, 0.1) is 0 Å². The monoisotopic (exact) mass is 336 g/mol. The zero-order valence-corrected chi connectivity index (χ0v) is 14.8. The number of benzene rings is 2. The highest BCUT2D eigenvalue weighted by Crippen LogP contribution is 2.17. The van der Waals surface area contributed by atoms with E-state index < -0.39 is 0 Å². The van der Waals surface area contributed by atoms with Gasteiger partial charge in [0.05, 0.1) is 6.54 Å². The Morgan fingerprint density at radius 3 is 2.24 bits per heavy atom.